The monoisotopic (exact) mass is 200 g/mol. The third-order valence-electron chi connectivity index (χ3n) is 2.81. The highest BCUT2D eigenvalue weighted by atomic mass is 16.3. The molecular weight excluding hydrogens is 184 g/mol. The van der Waals surface area contributed by atoms with Gasteiger partial charge in [-0.25, -0.2) is 0 Å². The number of aromatic hydroxyl groups is 1. The Labute approximate surface area is 90.4 Å². The third-order valence-corrected chi connectivity index (χ3v) is 2.81. The number of hydrogen-bond acceptors (Lipinski definition) is 1. The Morgan fingerprint density at radius 2 is 1.80 bits per heavy atom. The van der Waals surface area contributed by atoms with Gasteiger partial charge in [-0.05, 0) is 29.9 Å². The van der Waals surface area contributed by atoms with Crippen LogP contribution in [0, 0.1) is 6.92 Å². The molecule has 2 aromatic carbocycles. The van der Waals surface area contributed by atoms with Gasteiger partial charge in [0.2, 0.25) is 0 Å². The summed E-state index contributed by atoms with van der Waals surface area (Å²) in [5, 5.41) is 12.1. The van der Waals surface area contributed by atoms with Crippen LogP contribution in [0.2, 0.25) is 0 Å². The lowest BCUT2D eigenvalue weighted by Crippen LogP contribution is -1.89. The molecule has 1 heteroatoms. The van der Waals surface area contributed by atoms with Crippen LogP contribution in [0.1, 0.15) is 24.5 Å². The van der Waals surface area contributed by atoms with Crippen LogP contribution < -0.4 is 0 Å². The molecule has 0 fully saturated rings. The highest BCUT2D eigenvalue weighted by Crippen LogP contribution is 2.31. The lowest BCUT2D eigenvalue weighted by Gasteiger charge is -2.09. The summed E-state index contributed by atoms with van der Waals surface area (Å²) in [5.41, 5.74) is 2.31. The van der Waals surface area contributed by atoms with Gasteiger partial charge in [-0.1, -0.05) is 43.7 Å². The zero-order valence-electron chi connectivity index (χ0n) is 9.25. The fraction of sp³-hybridized carbons (Fsp3) is 0.286. The molecule has 0 aliphatic heterocycles. The standard InChI is InChI=1S/C14H16O/c1-3-6-11-9-10(2)14(15)13-8-5-4-7-12(11)13/h4-5,7-9,15H,3,6H2,1-2H3. The number of phenolic OH excluding ortho intramolecular Hbond substituents is 1. The Morgan fingerprint density at radius 3 is 2.47 bits per heavy atom. The SMILES string of the molecule is CCCc1cc(C)c(O)c2ccccc12. The maximum Gasteiger partial charge on any atom is 0.126 e. The summed E-state index contributed by atoms with van der Waals surface area (Å²) in [7, 11) is 0. The second-order valence-electron chi connectivity index (χ2n) is 4.00. The van der Waals surface area contributed by atoms with Gasteiger partial charge in [-0.15, -0.1) is 0 Å². The zero-order valence-corrected chi connectivity index (χ0v) is 9.25. The normalized spacial score (nSPS) is 10.8. The van der Waals surface area contributed by atoms with Gasteiger partial charge in [-0.3, -0.25) is 0 Å². The van der Waals surface area contributed by atoms with Gasteiger partial charge < -0.3 is 5.11 Å². The molecule has 0 bridgehead atoms. The first kappa shape index (κ1) is 10.0. The Morgan fingerprint density at radius 1 is 1.13 bits per heavy atom. The van der Waals surface area contributed by atoms with E-state index < -0.39 is 0 Å². The molecule has 0 saturated heterocycles. The van der Waals surface area contributed by atoms with Crippen LogP contribution in [0.3, 0.4) is 0 Å². The van der Waals surface area contributed by atoms with Crippen molar-refractivity contribution < 1.29 is 5.11 Å². The highest BCUT2D eigenvalue weighted by Gasteiger charge is 2.07. The molecule has 2 aromatic rings. The Hall–Kier alpha value is -1.50. The average Bonchev–Trinajstić information content (AvgIpc) is 2.26. The van der Waals surface area contributed by atoms with Crippen molar-refractivity contribution in [2.24, 2.45) is 0 Å². The smallest absolute Gasteiger partial charge is 0.126 e. The minimum Gasteiger partial charge on any atom is -0.507 e. The largest absolute Gasteiger partial charge is 0.507 e. The minimum atomic E-state index is 0.422. The van der Waals surface area contributed by atoms with E-state index >= 15 is 0 Å². The first-order valence-electron chi connectivity index (χ1n) is 5.44. The topological polar surface area (TPSA) is 20.2 Å². The molecule has 0 radical (unpaired) electrons. The summed E-state index contributed by atoms with van der Waals surface area (Å²) in [6.45, 7) is 4.14. The first-order valence-corrected chi connectivity index (χ1v) is 5.44. The summed E-state index contributed by atoms with van der Waals surface area (Å²) in [4.78, 5) is 0. The molecule has 2 rings (SSSR count). The van der Waals surface area contributed by atoms with Gasteiger partial charge in [0.25, 0.3) is 0 Å². The average molecular weight is 200 g/mol. The van der Waals surface area contributed by atoms with Crippen LogP contribution >= 0.6 is 0 Å². The molecule has 0 heterocycles. The number of fused-ring (bicyclic) bond motifs is 1. The Bertz CT molecular complexity index is 486. The van der Waals surface area contributed by atoms with Gasteiger partial charge in [0.05, 0.1) is 0 Å². The lowest BCUT2D eigenvalue weighted by molar-refractivity contribution is 0.477. The van der Waals surface area contributed by atoms with Crippen molar-refractivity contribution in [3.8, 4) is 5.75 Å². The third kappa shape index (κ3) is 1.70. The van der Waals surface area contributed by atoms with Gasteiger partial charge in [0, 0.05) is 5.39 Å². The molecule has 1 N–H and O–H groups in total. The highest BCUT2D eigenvalue weighted by molar-refractivity contribution is 5.92. The van der Waals surface area contributed by atoms with Crippen molar-refractivity contribution >= 4 is 10.8 Å². The number of benzene rings is 2. The van der Waals surface area contributed by atoms with E-state index in [1.165, 1.54) is 10.9 Å². The molecule has 0 unspecified atom stereocenters. The number of phenols is 1. The second-order valence-corrected chi connectivity index (χ2v) is 4.00. The fourth-order valence-corrected chi connectivity index (χ4v) is 2.07. The van der Waals surface area contributed by atoms with Crippen LogP contribution in [0.15, 0.2) is 30.3 Å². The van der Waals surface area contributed by atoms with Crippen molar-refractivity contribution in [2.45, 2.75) is 26.7 Å². The van der Waals surface area contributed by atoms with E-state index in [-0.39, 0.29) is 0 Å². The molecule has 78 valence electrons. The summed E-state index contributed by atoms with van der Waals surface area (Å²) >= 11 is 0. The predicted molar refractivity (Wildman–Crippen MR) is 64.3 cm³/mol. The maximum atomic E-state index is 9.95. The van der Waals surface area contributed by atoms with Crippen LogP contribution in [-0.4, -0.2) is 5.11 Å². The van der Waals surface area contributed by atoms with E-state index in [0.29, 0.717) is 5.75 Å². The van der Waals surface area contributed by atoms with E-state index in [1.807, 2.05) is 25.1 Å². The minimum absolute atomic E-state index is 0.422. The van der Waals surface area contributed by atoms with Crippen LogP contribution in [0.4, 0.5) is 0 Å². The molecule has 0 aliphatic rings. The van der Waals surface area contributed by atoms with E-state index in [9.17, 15) is 5.11 Å². The molecule has 0 aromatic heterocycles. The molecule has 15 heavy (non-hydrogen) atoms. The van der Waals surface area contributed by atoms with Crippen molar-refractivity contribution in [3.63, 3.8) is 0 Å². The molecule has 0 aliphatic carbocycles. The molecule has 1 nitrogen and oxygen atoms in total. The zero-order chi connectivity index (χ0) is 10.8. The number of aryl methyl sites for hydroxylation is 2. The Balaban J connectivity index is 2.76. The van der Waals surface area contributed by atoms with E-state index in [2.05, 4.69) is 19.1 Å². The molecule has 0 spiro atoms. The van der Waals surface area contributed by atoms with E-state index in [1.54, 1.807) is 0 Å². The van der Waals surface area contributed by atoms with Crippen molar-refractivity contribution in [2.75, 3.05) is 0 Å². The number of hydrogen-bond donors (Lipinski definition) is 1. The van der Waals surface area contributed by atoms with Crippen LogP contribution in [0.5, 0.6) is 5.75 Å². The first-order chi connectivity index (χ1) is 7.24. The van der Waals surface area contributed by atoms with Gasteiger partial charge in [-0.2, -0.15) is 0 Å². The lowest BCUT2D eigenvalue weighted by atomic mass is 9.97. The van der Waals surface area contributed by atoms with E-state index in [4.69, 9.17) is 0 Å². The summed E-state index contributed by atoms with van der Waals surface area (Å²) in [6.07, 6.45) is 2.20. The van der Waals surface area contributed by atoms with E-state index in [0.717, 1.165) is 23.8 Å². The van der Waals surface area contributed by atoms with Gasteiger partial charge in [0.15, 0.2) is 0 Å². The van der Waals surface area contributed by atoms with Gasteiger partial charge in [0.1, 0.15) is 5.75 Å². The fourth-order valence-electron chi connectivity index (χ4n) is 2.07. The predicted octanol–water partition coefficient (Wildman–Crippen LogP) is 3.81. The molecule has 0 saturated carbocycles. The summed E-state index contributed by atoms with van der Waals surface area (Å²) in [6, 6.07) is 10.2. The van der Waals surface area contributed by atoms with Crippen LogP contribution in [-0.2, 0) is 6.42 Å². The second kappa shape index (κ2) is 3.93. The quantitative estimate of drug-likeness (QED) is 0.781. The summed E-state index contributed by atoms with van der Waals surface area (Å²) in [5.74, 6) is 0.422. The maximum absolute atomic E-state index is 9.95. The van der Waals surface area contributed by atoms with Gasteiger partial charge >= 0.3 is 0 Å². The van der Waals surface area contributed by atoms with Crippen LogP contribution in [0.25, 0.3) is 10.8 Å². The molecule has 0 amide bonds. The van der Waals surface area contributed by atoms with Crippen molar-refractivity contribution in [1.82, 2.24) is 0 Å². The van der Waals surface area contributed by atoms with Crippen molar-refractivity contribution in [3.05, 3.63) is 41.5 Å². The van der Waals surface area contributed by atoms with Crippen molar-refractivity contribution in [1.29, 1.82) is 0 Å². The number of rotatable bonds is 2. The molecule has 0 atom stereocenters. The Kier molecular flexibility index (Phi) is 2.63. The summed E-state index contributed by atoms with van der Waals surface area (Å²) < 4.78 is 0. The molecular formula is C14H16O.